The predicted octanol–water partition coefficient (Wildman–Crippen LogP) is 8.35. The molecule has 0 bridgehead atoms. The van der Waals surface area contributed by atoms with E-state index in [-0.39, 0.29) is 12.2 Å². The standard InChI is InChI=1S/C39H37F3N2O5S/c1-3-4-15-34-35(30-23-27(44-50(2,47)48)20-21-33(30)49-34)36(45)26-18-16-25(17-19-26)10-9-22-38(37(46)43-24-39(40,41)42)31-13-7-5-11-28(31)29-12-6-8-14-32(29)38/h5-8,11-14,16-21,23,44H,3-4,9-10,15,22,24H2,1-2H3,(H,43,46). The summed E-state index contributed by atoms with van der Waals surface area (Å²) in [6.45, 7) is 0.618. The lowest BCUT2D eigenvalue weighted by Gasteiger charge is -2.31. The van der Waals surface area contributed by atoms with Crippen LogP contribution >= 0.6 is 0 Å². The molecule has 0 radical (unpaired) electrons. The maximum atomic E-state index is 14.0. The summed E-state index contributed by atoms with van der Waals surface area (Å²) >= 11 is 0. The number of carbonyl (C=O) groups is 2. The van der Waals surface area contributed by atoms with Crippen molar-refractivity contribution < 1.29 is 35.6 Å². The normalized spacial score (nSPS) is 13.5. The molecule has 4 aromatic carbocycles. The van der Waals surface area contributed by atoms with E-state index in [4.69, 9.17) is 4.42 Å². The molecule has 0 atom stereocenters. The number of rotatable bonds is 13. The molecule has 2 N–H and O–H groups in total. The highest BCUT2D eigenvalue weighted by Gasteiger charge is 2.49. The Morgan fingerprint density at radius 3 is 2.08 bits per heavy atom. The zero-order chi connectivity index (χ0) is 35.7. The van der Waals surface area contributed by atoms with Gasteiger partial charge in [0.1, 0.15) is 23.3 Å². The van der Waals surface area contributed by atoms with Crippen LogP contribution < -0.4 is 10.0 Å². The molecule has 1 heterocycles. The van der Waals surface area contributed by atoms with E-state index in [9.17, 15) is 31.2 Å². The van der Waals surface area contributed by atoms with Crippen molar-refractivity contribution in [3.8, 4) is 11.1 Å². The van der Waals surface area contributed by atoms with E-state index in [0.29, 0.717) is 63.9 Å². The first-order chi connectivity index (χ1) is 23.8. The SMILES string of the molecule is CCCCc1oc2ccc(NS(C)(=O)=O)cc2c1C(=O)c1ccc(CCCC2(C(=O)NCC(F)(F)F)c3ccccc3-c3ccccc32)cc1. The highest BCUT2D eigenvalue weighted by molar-refractivity contribution is 7.92. The van der Waals surface area contributed by atoms with E-state index in [1.54, 1.807) is 42.5 Å². The molecule has 5 aromatic rings. The van der Waals surface area contributed by atoms with E-state index in [1.165, 1.54) is 0 Å². The molecule has 1 aromatic heterocycles. The van der Waals surface area contributed by atoms with Crippen LogP contribution in [-0.2, 0) is 33.1 Å². The van der Waals surface area contributed by atoms with E-state index in [1.807, 2.05) is 55.5 Å². The van der Waals surface area contributed by atoms with Gasteiger partial charge in [0.25, 0.3) is 0 Å². The van der Waals surface area contributed by atoms with Crippen LogP contribution in [0.5, 0.6) is 0 Å². The first-order valence-electron chi connectivity index (χ1n) is 16.5. The van der Waals surface area contributed by atoms with Gasteiger partial charge < -0.3 is 9.73 Å². The number of furan rings is 1. The number of benzene rings is 4. The third-order valence-electron chi connectivity index (χ3n) is 9.18. The summed E-state index contributed by atoms with van der Waals surface area (Å²) in [5.41, 5.74) is 4.26. The highest BCUT2D eigenvalue weighted by Crippen LogP contribution is 2.51. The smallest absolute Gasteiger partial charge is 0.405 e. The number of hydrogen-bond donors (Lipinski definition) is 2. The number of hydrogen-bond acceptors (Lipinski definition) is 5. The van der Waals surface area contributed by atoms with Gasteiger partial charge in [-0.05, 0) is 71.7 Å². The topological polar surface area (TPSA) is 105 Å². The zero-order valence-corrected chi connectivity index (χ0v) is 28.5. The number of ketones is 1. The van der Waals surface area contributed by atoms with Crippen LogP contribution in [0.15, 0.2) is 95.4 Å². The Kier molecular flexibility index (Phi) is 9.63. The Morgan fingerprint density at radius 2 is 1.48 bits per heavy atom. The lowest BCUT2D eigenvalue weighted by Crippen LogP contribution is -2.47. The van der Waals surface area contributed by atoms with Gasteiger partial charge in [0.2, 0.25) is 15.9 Å². The van der Waals surface area contributed by atoms with Crippen LogP contribution in [0.3, 0.4) is 0 Å². The van der Waals surface area contributed by atoms with Crippen LogP contribution in [0.4, 0.5) is 18.9 Å². The predicted molar refractivity (Wildman–Crippen MR) is 188 cm³/mol. The number of carbonyl (C=O) groups excluding carboxylic acids is 2. The number of sulfonamides is 1. The summed E-state index contributed by atoms with van der Waals surface area (Å²) in [5.74, 6) is -0.398. The van der Waals surface area contributed by atoms with E-state index < -0.39 is 34.1 Å². The number of fused-ring (bicyclic) bond motifs is 4. The molecule has 0 unspecified atom stereocenters. The summed E-state index contributed by atoms with van der Waals surface area (Å²) < 4.78 is 72.0. The number of unbranched alkanes of at least 4 members (excludes halogenated alkanes) is 1. The van der Waals surface area contributed by atoms with Crippen molar-refractivity contribution in [2.24, 2.45) is 0 Å². The van der Waals surface area contributed by atoms with E-state index >= 15 is 0 Å². The summed E-state index contributed by atoms with van der Waals surface area (Å²) in [6.07, 6.45) is 0.0220. The minimum atomic E-state index is -4.55. The molecule has 1 aliphatic carbocycles. The summed E-state index contributed by atoms with van der Waals surface area (Å²) in [6, 6.07) is 26.7. The molecular formula is C39H37F3N2O5S. The maximum absolute atomic E-state index is 14.0. The van der Waals surface area contributed by atoms with Crippen molar-refractivity contribution in [3.63, 3.8) is 0 Å². The van der Waals surface area contributed by atoms with E-state index in [2.05, 4.69) is 10.0 Å². The molecule has 1 amide bonds. The lowest BCUT2D eigenvalue weighted by atomic mass is 9.73. The van der Waals surface area contributed by atoms with E-state index in [0.717, 1.165) is 35.8 Å². The van der Waals surface area contributed by atoms with Gasteiger partial charge >= 0.3 is 6.18 Å². The summed E-state index contributed by atoms with van der Waals surface area (Å²) in [5, 5.41) is 2.69. The average molecular weight is 703 g/mol. The number of anilines is 1. The van der Waals surface area contributed by atoms with Gasteiger partial charge in [-0.15, -0.1) is 0 Å². The molecule has 0 saturated heterocycles. The van der Waals surface area contributed by atoms with Gasteiger partial charge in [-0.25, -0.2) is 8.42 Å². The van der Waals surface area contributed by atoms with Crippen LogP contribution in [0.2, 0.25) is 0 Å². The monoisotopic (exact) mass is 702 g/mol. The summed E-state index contributed by atoms with van der Waals surface area (Å²) in [4.78, 5) is 27.8. The van der Waals surface area contributed by atoms with Crippen molar-refractivity contribution in [2.75, 3.05) is 17.5 Å². The fraction of sp³-hybridized carbons (Fsp3) is 0.282. The number of alkyl halides is 3. The third kappa shape index (κ3) is 7.05. The Bertz CT molecular complexity index is 2130. The fourth-order valence-corrected chi connectivity index (χ4v) is 7.55. The van der Waals surface area contributed by atoms with Crippen molar-refractivity contribution in [3.05, 3.63) is 125 Å². The summed E-state index contributed by atoms with van der Waals surface area (Å²) in [7, 11) is -3.54. The van der Waals surface area contributed by atoms with Gasteiger partial charge in [-0.2, -0.15) is 13.2 Å². The van der Waals surface area contributed by atoms with Crippen molar-refractivity contribution in [1.82, 2.24) is 5.32 Å². The molecular weight excluding hydrogens is 665 g/mol. The quantitative estimate of drug-likeness (QED) is 0.120. The second kappa shape index (κ2) is 13.8. The molecule has 0 fully saturated rings. The van der Waals surface area contributed by atoms with Gasteiger partial charge in [-0.3, -0.25) is 14.3 Å². The molecule has 260 valence electrons. The maximum Gasteiger partial charge on any atom is 0.405 e. The Morgan fingerprint density at radius 1 is 0.840 bits per heavy atom. The van der Waals surface area contributed by atoms with Crippen LogP contribution in [0, 0.1) is 0 Å². The zero-order valence-electron chi connectivity index (χ0n) is 27.7. The number of halogens is 3. The first kappa shape index (κ1) is 34.9. The van der Waals surface area contributed by atoms with Crippen LogP contribution in [-0.4, -0.2) is 39.1 Å². The molecule has 0 saturated carbocycles. The fourth-order valence-electron chi connectivity index (χ4n) is 7.00. The third-order valence-corrected chi connectivity index (χ3v) is 9.79. The number of amides is 1. The molecule has 0 aliphatic heterocycles. The van der Waals surface area contributed by atoms with Crippen LogP contribution in [0.25, 0.3) is 22.1 Å². The van der Waals surface area contributed by atoms with Gasteiger partial charge in [0, 0.05) is 23.1 Å². The Labute approximate surface area is 288 Å². The Balaban J connectivity index is 1.25. The molecule has 7 nitrogen and oxygen atoms in total. The number of aryl methyl sites for hydroxylation is 2. The highest BCUT2D eigenvalue weighted by atomic mass is 32.2. The van der Waals surface area contributed by atoms with Crippen molar-refractivity contribution in [2.45, 2.75) is 57.0 Å². The molecule has 6 rings (SSSR count). The van der Waals surface area contributed by atoms with Crippen molar-refractivity contribution in [1.29, 1.82) is 0 Å². The number of nitrogens with one attached hydrogen (secondary N) is 2. The second-order valence-corrected chi connectivity index (χ2v) is 14.5. The second-order valence-electron chi connectivity index (χ2n) is 12.8. The van der Waals surface area contributed by atoms with Gasteiger partial charge in [0.15, 0.2) is 5.78 Å². The van der Waals surface area contributed by atoms with Gasteiger partial charge in [0.05, 0.1) is 11.8 Å². The van der Waals surface area contributed by atoms with Crippen molar-refractivity contribution >= 4 is 38.4 Å². The molecule has 0 spiro atoms. The lowest BCUT2D eigenvalue weighted by molar-refractivity contribution is -0.141. The average Bonchev–Trinajstić information content (AvgIpc) is 3.58. The largest absolute Gasteiger partial charge is 0.460 e. The minimum Gasteiger partial charge on any atom is -0.460 e. The molecule has 50 heavy (non-hydrogen) atoms. The molecule has 1 aliphatic rings. The minimum absolute atomic E-state index is 0.252. The Hall–Kier alpha value is -4.90. The van der Waals surface area contributed by atoms with Gasteiger partial charge in [-0.1, -0.05) is 86.1 Å². The first-order valence-corrected chi connectivity index (χ1v) is 18.4. The molecule has 11 heteroatoms. The van der Waals surface area contributed by atoms with Crippen LogP contribution in [0.1, 0.15) is 71.0 Å².